The van der Waals surface area contributed by atoms with Crippen molar-refractivity contribution in [2.45, 2.75) is 13.3 Å². The van der Waals surface area contributed by atoms with Crippen LogP contribution >= 0.6 is 22.9 Å². The highest BCUT2D eigenvalue weighted by atomic mass is 35.5. The van der Waals surface area contributed by atoms with Crippen LogP contribution in [0.25, 0.3) is 0 Å². The second-order valence-electron chi connectivity index (χ2n) is 3.32. The molecule has 0 fully saturated rings. The smallest absolute Gasteiger partial charge is 0.137 e. The molecule has 0 atom stereocenters. The highest BCUT2D eigenvalue weighted by Gasteiger charge is 2.06. The van der Waals surface area contributed by atoms with Crippen molar-refractivity contribution >= 4 is 28.8 Å². The molecule has 0 aliphatic rings. The van der Waals surface area contributed by atoms with Crippen molar-refractivity contribution in [3.05, 3.63) is 44.7 Å². The summed E-state index contributed by atoms with van der Waals surface area (Å²) < 4.78 is 0. The van der Waals surface area contributed by atoms with Crippen LogP contribution < -0.4 is 5.73 Å². The Balaban J connectivity index is 2.26. The van der Waals surface area contributed by atoms with Crippen LogP contribution in [0, 0.1) is 6.92 Å². The van der Waals surface area contributed by atoms with Crippen molar-refractivity contribution in [1.29, 1.82) is 0 Å². The van der Waals surface area contributed by atoms with Crippen LogP contribution in [0.15, 0.2) is 24.3 Å². The molecule has 0 aliphatic carbocycles. The molecular weight excluding hydrogens is 228 g/mol. The minimum Gasteiger partial charge on any atom is -0.383 e. The number of aromatic nitrogens is 1. The Labute approximate surface area is 97.7 Å². The number of benzene rings is 1. The van der Waals surface area contributed by atoms with Crippen LogP contribution in [0.1, 0.15) is 15.4 Å². The molecule has 2 aromatic rings. The Bertz CT molecular complexity index is 460. The summed E-state index contributed by atoms with van der Waals surface area (Å²) in [5, 5.41) is 1.79. The first-order chi connectivity index (χ1) is 7.16. The Morgan fingerprint density at radius 3 is 2.73 bits per heavy atom. The average Bonchev–Trinajstić information content (AvgIpc) is 2.50. The Hall–Kier alpha value is -1.06. The topological polar surface area (TPSA) is 38.9 Å². The minimum absolute atomic E-state index is 0.627. The number of thiazole rings is 1. The second-order valence-corrected chi connectivity index (χ2v) is 5.01. The maximum atomic E-state index is 6.07. The van der Waals surface area contributed by atoms with Crippen LogP contribution in [-0.4, -0.2) is 4.98 Å². The van der Waals surface area contributed by atoms with Gasteiger partial charge in [0, 0.05) is 16.3 Å². The number of halogens is 1. The molecule has 1 aromatic carbocycles. The molecule has 0 amide bonds. The Kier molecular flexibility index (Phi) is 2.93. The van der Waals surface area contributed by atoms with E-state index in [4.69, 9.17) is 17.3 Å². The molecule has 0 aliphatic heterocycles. The summed E-state index contributed by atoms with van der Waals surface area (Å²) in [6, 6.07) is 7.80. The van der Waals surface area contributed by atoms with Gasteiger partial charge in [0.15, 0.2) is 0 Å². The molecule has 0 unspecified atom stereocenters. The lowest BCUT2D eigenvalue weighted by Gasteiger charge is -1.99. The van der Waals surface area contributed by atoms with E-state index in [0.29, 0.717) is 5.82 Å². The molecule has 2 rings (SSSR count). The number of aryl methyl sites for hydroxylation is 1. The van der Waals surface area contributed by atoms with Crippen molar-refractivity contribution in [2.75, 3.05) is 5.73 Å². The fourth-order valence-electron chi connectivity index (χ4n) is 1.35. The molecule has 78 valence electrons. The third-order valence-electron chi connectivity index (χ3n) is 2.18. The van der Waals surface area contributed by atoms with E-state index in [-0.39, 0.29) is 0 Å². The van der Waals surface area contributed by atoms with E-state index in [1.54, 1.807) is 11.3 Å². The lowest BCUT2D eigenvalue weighted by molar-refractivity contribution is 1.14. The van der Waals surface area contributed by atoms with Crippen molar-refractivity contribution < 1.29 is 0 Å². The van der Waals surface area contributed by atoms with E-state index in [9.17, 15) is 0 Å². The molecule has 2 nitrogen and oxygen atoms in total. The highest BCUT2D eigenvalue weighted by Crippen LogP contribution is 2.24. The van der Waals surface area contributed by atoms with E-state index in [1.807, 2.05) is 31.2 Å². The molecule has 1 heterocycles. The molecule has 0 saturated heterocycles. The number of nitrogens with zero attached hydrogens (tertiary/aromatic N) is 1. The van der Waals surface area contributed by atoms with Gasteiger partial charge in [-0.15, -0.1) is 11.3 Å². The van der Waals surface area contributed by atoms with E-state index in [0.717, 1.165) is 26.9 Å². The normalized spacial score (nSPS) is 10.5. The van der Waals surface area contributed by atoms with Gasteiger partial charge >= 0.3 is 0 Å². The molecule has 2 N–H and O–H groups in total. The van der Waals surface area contributed by atoms with Crippen LogP contribution in [0.5, 0.6) is 0 Å². The number of hydrogen-bond acceptors (Lipinski definition) is 3. The summed E-state index contributed by atoms with van der Waals surface area (Å²) in [4.78, 5) is 5.35. The first-order valence-corrected chi connectivity index (χ1v) is 5.81. The van der Waals surface area contributed by atoms with Gasteiger partial charge in [-0.2, -0.15) is 0 Å². The molecular formula is C11H11ClN2S. The van der Waals surface area contributed by atoms with Gasteiger partial charge in [-0.1, -0.05) is 29.8 Å². The minimum atomic E-state index is 0.627. The van der Waals surface area contributed by atoms with Gasteiger partial charge in [-0.05, 0) is 18.6 Å². The third kappa shape index (κ3) is 2.30. The van der Waals surface area contributed by atoms with Crippen LogP contribution in [0.4, 0.5) is 5.82 Å². The number of rotatable bonds is 2. The molecule has 0 saturated carbocycles. The van der Waals surface area contributed by atoms with Crippen LogP contribution in [0.2, 0.25) is 5.02 Å². The maximum absolute atomic E-state index is 6.07. The number of anilines is 1. The van der Waals surface area contributed by atoms with Crippen molar-refractivity contribution in [3.63, 3.8) is 0 Å². The number of nitrogen functional groups attached to an aromatic ring is 1. The summed E-state index contributed by atoms with van der Waals surface area (Å²) in [6.45, 7) is 1.98. The fraction of sp³-hybridized carbons (Fsp3) is 0.182. The molecule has 15 heavy (non-hydrogen) atoms. The van der Waals surface area contributed by atoms with Gasteiger partial charge < -0.3 is 5.73 Å². The van der Waals surface area contributed by atoms with Crippen molar-refractivity contribution in [1.82, 2.24) is 4.98 Å². The highest BCUT2D eigenvalue weighted by molar-refractivity contribution is 7.12. The van der Waals surface area contributed by atoms with Gasteiger partial charge in [0.25, 0.3) is 0 Å². The number of hydrogen-bond donors (Lipinski definition) is 1. The zero-order valence-electron chi connectivity index (χ0n) is 8.33. The largest absolute Gasteiger partial charge is 0.383 e. The summed E-state index contributed by atoms with van der Waals surface area (Å²) >= 11 is 7.69. The molecule has 4 heteroatoms. The lowest BCUT2D eigenvalue weighted by atomic mass is 10.2. The van der Waals surface area contributed by atoms with E-state index >= 15 is 0 Å². The maximum Gasteiger partial charge on any atom is 0.137 e. The predicted octanol–water partition coefficient (Wildman–Crippen LogP) is 3.28. The zero-order chi connectivity index (χ0) is 10.8. The predicted molar refractivity (Wildman–Crippen MR) is 65.5 cm³/mol. The summed E-state index contributed by atoms with van der Waals surface area (Å²) in [5.41, 5.74) is 6.79. The fourth-order valence-corrected chi connectivity index (χ4v) is 2.42. The second kappa shape index (κ2) is 4.21. The molecule has 0 spiro atoms. The lowest BCUT2D eigenvalue weighted by Crippen LogP contribution is -1.90. The van der Waals surface area contributed by atoms with Crippen LogP contribution in [0.3, 0.4) is 0 Å². The number of nitrogens with two attached hydrogens (primary N) is 1. The van der Waals surface area contributed by atoms with Crippen molar-refractivity contribution in [2.24, 2.45) is 0 Å². The van der Waals surface area contributed by atoms with E-state index in [2.05, 4.69) is 4.98 Å². The van der Waals surface area contributed by atoms with Gasteiger partial charge in [-0.3, -0.25) is 0 Å². The Morgan fingerprint density at radius 2 is 2.13 bits per heavy atom. The van der Waals surface area contributed by atoms with Gasteiger partial charge in [0.05, 0.1) is 5.01 Å². The van der Waals surface area contributed by atoms with Crippen LogP contribution in [-0.2, 0) is 6.42 Å². The standard InChI is InChI=1S/C11H11ClN2S/c1-7-11(13)14-10(15-7)6-8-4-2-3-5-9(8)12/h2-5H,6,13H2,1H3. The van der Waals surface area contributed by atoms with E-state index in [1.165, 1.54) is 0 Å². The van der Waals surface area contributed by atoms with Gasteiger partial charge in [-0.25, -0.2) is 4.98 Å². The monoisotopic (exact) mass is 238 g/mol. The molecule has 1 aromatic heterocycles. The SMILES string of the molecule is Cc1sc(Cc2ccccc2Cl)nc1N. The molecule has 0 bridgehead atoms. The van der Waals surface area contributed by atoms with Crippen molar-refractivity contribution in [3.8, 4) is 0 Å². The summed E-state index contributed by atoms with van der Waals surface area (Å²) in [6.07, 6.45) is 0.752. The van der Waals surface area contributed by atoms with E-state index < -0.39 is 0 Å². The zero-order valence-corrected chi connectivity index (χ0v) is 9.90. The van der Waals surface area contributed by atoms with Gasteiger partial charge in [0.1, 0.15) is 5.82 Å². The quantitative estimate of drug-likeness (QED) is 0.872. The molecule has 0 radical (unpaired) electrons. The Morgan fingerprint density at radius 1 is 1.40 bits per heavy atom. The average molecular weight is 239 g/mol. The summed E-state index contributed by atoms with van der Waals surface area (Å²) in [5.74, 6) is 0.627. The first kappa shape index (κ1) is 10.5. The summed E-state index contributed by atoms with van der Waals surface area (Å²) in [7, 11) is 0. The van der Waals surface area contributed by atoms with Gasteiger partial charge in [0.2, 0.25) is 0 Å². The third-order valence-corrected chi connectivity index (χ3v) is 3.53. The first-order valence-electron chi connectivity index (χ1n) is 4.62.